The molecule has 3 saturated heterocycles. The molecule has 0 saturated carbocycles. The van der Waals surface area contributed by atoms with E-state index in [1.165, 1.54) is 0 Å². The molecule has 46 heavy (non-hydrogen) atoms. The number of nitrogens with zero attached hydrogens (tertiary/aromatic N) is 3. The lowest BCUT2D eigenvalue weighted by atomic mass is 9.65. The van der Waals surface area contributed by atoms with Gasteiger partial charge in [-0.1, -0.05) is 62.2 Å². The molecule has 3 unspecified atom stereocenters. The zero-order chi connectivity index (χ0) is 32.8. The first-order valence-electron chi connectivity index (χ1n) is 16.4. The Bertz CT molecular complexity index is 1400. The second kappa shape index (κ2) is 14.9. The Balaban J connectivity index is 1.52. The molecular weight excluding hydrogens is 598 g/mol. The van der Waals surface area contributed by atoms with E-state index in [1.54, 1.807) is 40.8 Å². The lowest BCUT2D eigenvalue weighted by Crippen LogP contribution is -2.57. The van der Waals surface area contributed by atoms with Gasteiger partial charge in [-0.05, 0) is 55.0 Å². The molecule has 0 aliphatic carbocycles. The van der Waals surface area contributed by atoms with E-state index in [0.29, 0.717) is 37.5 Å². The summed E-state index contributed by atoms with van der Waals surface area (Å²) < 4.78 is 4.63. The molecule has 3 heterocycles. The van der Waals surface area contributed by atoms with Crippen LogP contribution in [0.1, 0.15) is 44.6 Å². The van der Waals surface area contributed by atoms with E-state index in [2.05, 4.69) is 20.1 Å². The number of anilines is 1. The van der Waals surface area contributed by atoms with Crippen molar-refractivity contribution in [3.63, 3.8) is 0 Å². The third-order valence-corrected chi connectivity index (χ3v) is 12.0. The number of likely N-dealkylation sites (tertiary alicyclic amines) is 1. The van der Waals surface area contributed by atoms with Gasteiger partial charge in [0.15, 0.2) is 0 Å². The molecule has 246 valence electrons. The van der Waals surface area contributed by atoms with Crippen LogP contribution in [-0.2, 0) is 20.9 Å². The highest BCUT2D eigenvalue weighted by atomic mass is 32.2. The molecule has 2 aromatic rings. The average molecular weight is 646 g/mol. The quantitative estimate of drug-likeness (QED) is 0.196. The summed E-state index contributed by atoms with van der Waals surface area (Å²) in [6.07, 6.45) is 7.34. The Morgan fingerprint density at radius 1 is 1.02 bits per heavy atom. The number of carbonyl (C=O) groups is 3. The lowest BCUT2D eigenvalue weighted by Gasteiger charge is -2.41. The molecule has 6 atom stereocenters. The number of hydrogen-bond donors (Lipinski definition) is 1. The van der Waals surface area contributed by atoms with Crippen LogP contribution < -0.4 is 9.64 Å². The molecule has 3 aliphatic heterocycles. The summed E-state index contributed by atoms with van der Waals surface area (Å²) in [6, 6.07) is 16.5. The largest absolute Gasteiger partial charge is 0.497 e. The fourth-order valence-corrected chi connectivity index (χ4v) is 10.2. The van der Waals surface area contributed by atoms with Crippen molar-refractivity contribution in [2.45, 2.75) is 61.6 Å². The number of ether oxygens (including phenoxy) is 1. The van der Waals surface area contributed by atoms with Gasteiger partial charge in [-0.2, -0.15) is 0 Å². The van der Waals surface area contributed by atoms with E-state index < -0.39 is 22.6 Å². The molecule has 1 spiro atoms. The van der Waals surface area contributed by atoms with Gasteiger partial charge in [0.05, 0.1) is 23.7 Å². The maximum atomic E-state index is 14.9. The number of thioether (sulfide) groups is 1. The number of amides is 3. The normalized spacial score (nSPS) is 26.1. The zero-order valence-corrected chi connectivity index (χ0v) is 27.9. The van der Waals surface area contributed by atoms with Crippen LogP contribution in [0.25, 0.3) is 0 Å². The SMILES string of the molecule is C=CCN(Cc1ccccc1)C(=O)[C@@H]1[C@@H]2CC(C)C3(S2)C(C(=O)N(CC=C)c2ccc(OC)cc2)N(CCCCCCO)C(=O)[C@H]13. The molecule has 3 fully saturated rings. The molecule has 1 N–H and O–H groups in total. The number of aliphatic hydroxyl groups excluding tert-OH is 1. The molecular formula is C37H47N3O5S. The van der Waals surface area contributed by atoms with Gasteiger partial charge in [-0.25, -0.2) is 0 Å². The van der Waals surface area contributed by atoms with Crippen LogP contribution in [0.5, 0.6) is 5.75 Å². The molecule has 3 amide bonds. The van der Waals surface area contributed by atoms with Crippen molar-refractivity contribution in [2.75, 3.05) is 38.3 Å². The van der Waals surface area contributed by atoms with Crippen molar-refractivity contribution < 1.29 is 24.2 Å². The monoisotopic (exact) mass is 645 g/mol. The van der Waals surface area contributed by atoms with Crippen molar-refractivity contribution in [1.82, 2.24) is 9.80 Å². The summed E-state index contributed by atoms with van der Waals surface area (Å²) in [5, 5.41) is 9.23. The minimum absolute atomic E-state index is 0.0394. The van der Waals surface area contributed by atoms with Gasteiger partial charge in [0, 0.05) is 43.7 Å². The minimum atomic E-state index is -0.719. The van der Waals surface area contributed by atoms with E-state index in [-0.39, 0.29) is 42.0 Å². The highest BCUT2D eigenvalue weighted by molar-refractivity contribution is 8.02. The summed E-state index contributed by atoms with van der Waals surface area (Å²) in [4.78, 5) is 49.4. The molecule has 3 aliphatic rings. The molecule has 9 heteroatoms. The molecule has 0 radical (unpaired) electrons. The van der Waals surface area contributed by atoms with E-state index in [0.717, 1.165) is 31.2 Å². The maximum absolute atomic E-state index is 14.9. The van der Waals surface area contributed by atoms with Crippen LogP contribution in [0, 0.1) is 17.8 Å². The lowest BCUT2D eigenvalue weighted by molar-refractivity contribution is -0.144. The van der Waals surface area contributed by atoms with Gasteiger partial charge in [0.25, 0.3) is 5.91 Å². The predicted molar refractivity (Wildman–Crippen MR) is 184 cm³/mol. The van der Waals surface area contributed by atoms with E-state index in [9.17, 15) is 19.5 Å². The van der Waals surface area contributed by atoms with Gasteiger partial charge in [-0.3, -0.25) is 14.4 Å². The smallest absolute Gasteiger partial charge is 0.251 e. The fourth-order valence-electron chi connectivity index (χ4n) is 7.83. The third-order valence-electron chi connectivity index (χ3n) is 9.91. The first-order valence-corrected chi connectivity index (χ1v) is 17.3. The summed E-state index contributed by atoms with van der Waals surface area (Å²) in [7, 11) is 1.60. The van der Waals surface area contributed by atoms with Gasteiger partial charge in [0.1, 0.15) is 11.8 Å². The van der Waals surface area contributed by atoms with Crippen LogP contribution in [0.15, 0.2) is 79.9 Å². The van der Waals surface area contributed by atoms with E-state index >= 15 is 0 Å². The van der Waals surface area contributed by atoms with Crippen molar-refractivity contribution in [3.05, 3.63) is 85.5 Å². The van der Waals surface area contributed by atoms with Crippen LogP contribution >= 0.6 is 11.8 Å². The number of methoxy groups -OCH3 is 1. The number of hydrogen-bond acceptors (Lipinski definition) is 6. The van der Waals surface area contributed by atoms with Crippen molar-refractivity contribution in [1.29, 1.82) is 0 Å². The maximum Gasteiger partial charge on any atom is 0.251 e. The standard InChI is InChI=1S/C37H47N3O5S/c1-5-20-38(25-27-14-10-9-11-15-27)34(42)31-30-24-26(3)37(46-30)32(31)35(43)40(22-12-7-8-13-23-41)33(37)36(44)39(21-6-2)28-16-18-29(45-4)19-17-28/h5-6,9-11,14-19,26,30-33,41H,1-2,7-8,12-13,20-25H2,3-4H3/t26?,30-,31+,32-,33?,37?/m0/s1. The Kier molecular flexibility index (Phi) is 10.9. The number of rotatable bonds is 16. The number of benzene rings is 2. The first-order chi connectivity index (χ1) is 22.3. The summed E-state index contributed by atoms with van der Waals surface area (Å²) >= 11 is 1.70. The predicted octanol–water partition coefficient (Wildman–Crippen LogP) is 5.32. The average Bonchev–Trinajstić information content (AvgIpc) is 3.66. The van der Waals surface area contributed by atoms with Gasteiger partial charge >= 0.3 is 0 Å². The van der Waals surface area contributed by atoms with Crippen LogP contribution in [0.4, 0.5) is 5.69 Å². The number of carbonyl (C=O) groups excluding carboxylic acids is 3. The minimum Gasteiger partial charge on any atom is -0.497 e. The van der Waals surface area contributed by atoms with Gasteiger partial charge in [0.2, 0.25) is 11.8 Å². The highest BCUT2D eigenvalue weighted by Crippen LogP contribution is 2.69. The molecule has 0 aromatic heterocycles. The van der Waals surface area contributed by atoms with E-state index in [1.807, 2.05) is 59.5 Å². The Morgan fingerprint density at radius 2 is 1.72 bits per heavy atom. The van der Waals surface area contributed by atoms with Crippen molar-refractivity contribution in [2.24, 2.45) is 17.8 Å². The van der Waals surface area contributed by atoms with Crippen LogP contribution in [-0.4, -0.2) is 82.0 Å². The number of fused-ring (bicyclic) bond motifs is 1. The Hall–Kier alpha value is -3.56. The first kappa shape index (κ1) is 33.8. The summed E-state index contributed by atoms with van der Waals surface area (Å²) in [6.45, 7) is 11.7. The second-order valence-corrected chi connectivity index (χ2v) is 14.2. The molecule has 5 rings (SSSR count). The zero-order valence-electron chi connectivity index (χ0n) is 27.1. The third kappa shape index (κ3) is 6.24. The second-order valence-electron chi connectivity index (χ2n) is 12.7. The van der Waals surface area contributed by atoms with E-state index in [4.69, 9.17) is 4.74 Å². The van der Waals surface area contributed by atoms with Crippen LogP contribution in [0.3, 0.4) is 0 Å². The number of unbranched alkanes of at least 4 members (excludes halogenated alkanes) is 3. The molecule has 2 aromatic carbocycles. The van der Waals surface area contributed by atoms with Crippen molar-refractivity contribution in [3.8, 4) is 5.75 Å². The van der Waals surface area contributed by atoms with Gasteiger partial charge < -0.3 is 24.5 Å². The van der Waals surface area contributed by atoms with Crippen molar-refractivity contribution >= 4 is 35.2 Å². The summed E-state index contributed by atoms with van der Waals surface area (Å²) in [5.41, 5.74) is 1.73. The fraction of sp³-hybridized carbons (Fsp3) is 0.486. The summed E-state index contributed by atoms with van der Waals surface area (Å²) in [5.74, 6) is -0.618. The highest BCUT2D eigenvalue weighted by Gasteiger charge is 2.76. The van der Waals surface area contributed by atoms with Crippen LogP contribution in [0.2, 0.25) is 0 Å². The molecule has 2 bridgehead atoms. The van der Waals surface area contributed by atoms with Gasteiger partial charge in [-0.15, -0.1) is 24.9 Å². The Morgan fingerprint density at radius 3 is 2.37 bits per heavy atom. The Labute approximate surface area is 277 Å². The molecule has 8 nitrogen and oxygen atoms in total. The topological polar surface area (TPSA) is 90.4 Å². The number of aliphatic hydroxyl groups is 1.